The van der Waals surface area contributed by atoms with Gasteiger partial charge in [0.1, 0.15) is 5.75 Å². The molecule has 178 valence electrons. The molecule has 3 nitrogen and oxygen atoms in total. The summed E-state index contributed by atoms with van der Waals surface area (Å²) in [5, 5.41) is 0. The summed E-state index contributed by atoms with van der Waals surface area (Å²) < 4.78 is 33.0. The van der Waals surface area contributed by atoms with E-state index in [1.807, 2.05) is 12.4 Å². The lowest BCUT2D eigenvalue weighted by molar-refractivity contribution is -0.181. The Bertz CT molecular complexity index is 732. The number of hydrogen-bond acceptors (Lipinski definition) is 3. The van der Waals surface area contributed by atoms with Crippen molar-refractivity contribution in [3.63, 3.8) is 0 Å². The Kier molecular flexibility index (Phi) is 12.2. The van der Waals surface area contributed by atoms with Gasteiger partial charge in [-0.1, -0.05) is 78.1 Å². The van der Waals surface area contributed by atoms with E-state index >= 15 is 0 Å². The predicted octanol–water partition coefficient (Wildman–Crippen LogP) is 8.77. The predicted molar refractivity (Wildman–Crippen MR) is 128 cm³/mol. The fraction of sp³-hybridized carbons (Fsp3) is 0.630. The third-order valence-electron chi connectivity index (χ3n) is 5.73. The summed E-state index contributed by atoms with van der Waals surface area (Å²) >= 11 is 0. The zero-order chi connectivity index (χ0) is 23.1. The molecule has 0 amide bonds. The molecule has 0 saturated carbocycles. The van der Waals surface area contributed by atoms with E-state index in [0.29, 0.717) is 12.2 Å². The molecule has 1 heterocycles. The lowest BCUT2D eigenvalue weighted by Gasteiger charge is -2.18. The molecule has 5 heteroatoms. The van der Waals surface area contributed by atoms with Gasteiger partial charge in [-0.15, -0.1) is 0 Å². The van der Waals surface area contributed by atoms with Crippen LogP contribution >= 0.6 is 0 Å². The minimum absolute atomic E-state index is 0.169. The van der Waals surface area contributed by atoms with Crippen LogP contribution in [0.1, 0.15) is 103 Å². The molecule has 0 N–H and O–H groups in total. The maximum atomic E-state index is 14.0. The molecule has 0 aliphatic heterocycles. The Morgan fingerprint density at radius 2 is 1.25 bits per heavy atom. The fourth-order valence-electron chi connectivity index (χ4n) is 3.75. The molecule has 0 saturated heterocycles. The molecule has 1 aromatic heterocycles. The second-order valence-corrected chi connectivity index (χ2v) is 8.71. The SMILES string of the molecule is CCCCCCCCCc1cnc(-c2ccc(OC(F)(F)CCCCCCC)cc2)nc1. The molecule has 0 atom stereocenters. The molecule has 0 bridgehead atoms. The minimum atomic E-state index is -3.14. The van der Waals surface area contributed by atoms with Crippen LogP contribution in [0.15, 0.2) is 36.7 Å². The minimum Gasteiger partial charge on any atom is -0.433 e. The highest BCUT2D eigenvalue weighted by Gasteiger charge is 2.30. The molecule has 2 rings (SSSR count). The zero-order valence-electron chi connectivity index (χ0n) is 19.9. The average molecular weight is 447 g/mol. The van der Waals surface area contributed by atoms with Crippen molar-refractivity contribution in [2.75, 3.05) is 0 Å². The number of halogens is 2. The maximum Gasteiger partial charge on any atom is 0.397 e. The van der Waals surface area contributed by atoms with Crippen molar-refractivity contribution < 1.29 is 13.5 Å². The van der Waals surface area contributed by atoms with Gasteiger partial charge >= 0.3 is 6.11 Å². The monoisotopic (exact) mass is 446 g/mol. The molecule has 0 aliphatic carbocycles. The summed E-state index contributed by atoms with van der Waals surface area (Å²) in [4.78, 5) is 8.91. The van der Waals surface area contributed by atoms with Crippen molar-refractivity contribution in [2.24, 2.45) is 0 Å². The summed E-state index contributed by atoms with van der Waals surface area (Å²) in [6, 6.07) is 6.60. The number of nitrogens with zero attached hydrogens (tertiary/aromatic N) is 2. The Hall–Kier alpha value is -2.04. The highest BCUT2D eigenvalue weighted by Crippen LogP contribution is 2.28. The van der Waals surface area contributed by atoms with Crippen molar-refractivity contribution >= 4 is 0 Å². The molecule has 32 heavy (non-hydrogen) atoms. The van der Waals surface area contributed by atoms with Crippen LogP contribution in [0.2, 0.25) is 0 Å². The van der Waals surface area contributed by atoms with Crippen LogP contribution in [0, 0.1) is 0 Å². The van der Waals surface area contributed by atoms with Crippen molar-refractivity contribution in [3.05, 3.63) is 42.2 Å². The van der Waals surface area contributed by atoms with Crippen LogP contribution in [0.5, 0.6) is 5.75 Å². The van der Waals surface area contributed by atoms with E-state index in [9.17, 15) is 8.78 Å². The second kappa shape index (κ2) is 14.9. The third kappa shape index (κ3) is 10.5. The van der Waals surface area contributed by atoms with E-state index in [0.717, 1.165) is 49.7 Å². The van der Waals surface area contributed by atoms with Gasteiger partial charge in [0.05, 0.1) is 6.42 Å². The molecule has 2 aromatic rings. The number of hydrogen-bond donors (Lipinski definition) is 0. The van der Waals surface area contributed by atoms with Gasteiger partial charge < -0.3 is 4.74 Å². The summed E-state index contributed by atoms with van der Waals surface area (Å²) in [5.41, 5.74) is 1.93. The molecule has 0 fully saturated rings. The first kappa shape index (κ1) is 26.2. The Balaban J connectivity index is 1.76. The molecule has 0 spiro atoms. The molecule has 0 radical (unpaired) electrons. The number of unbranched alkanes of at least 4 members (excludes halogenated alkanes) is 10. The van der Waals surface area contributed by atoms with Gasteiger partial charge in [0.25, 0.3) is 0 Å². The summed E-state index contributed by atoms with van der Waals surface area (Å²) in [7, 11) is 0. The number of ether oxygens (including phenoxy) is 1. The third-order valence-corrected chi connectivity index (χ3v) is 5.73. The molecule has 0 aliphatic rings. The first-order valence-electron chi connectivity index (χ1n) is 12.5. The van der Waals surface area contributed by atoms with E-state index in [1.54, 1.807) is 24.3 Å². The van der Waals surface area contributed by atoms with Gasteiger partial charge in [-0.2, -0.15) is 8.78 Å². The van der Waals surface area contributed by atoms with Crippen molar-refractivity contribution in [1.82, 2.24) is 9.97 Å². The fourth-order valence-corrected chi connectivity index (χ4v) is 3.75. The number of rotatable bonds is 17. The first-order chi connectivity index (χ1) is 15.5. The number of alkyl halides is 2. The van der Waals surface area contributed by atoms with Crippen LogP contribution in [0.3, 0.4) is 0 Å². The van der Waals surface area contributed by atoms with Crippen molar-refractivity contribution in [1.29, 1.82) is 0 Å². The highest BCUT2D eigenvalue weighted by molar-refractivity contribution is 5.55. The van der Waals surface area contributed by atoms with E-state index < -0.39 is 6.11 Å². The van der Waals surface area contributed by atoms with Gasteiger partial charge in [0.2, 0.25) is 0 Å². The summed E-state index contributed by atoms with van der Waals surface area (Å²) in [6.45, 7) is 4.35. The normalized spacial score (nSPS) is 11.6. The van der Waals surface area contributed by atoms with Gasteiger partial charge in [-0.25, -0.2) is 9.97 Å². The highest BCUT2D eigenvalue weighted by atomic mass is 19.3. The standard InChI is InChI=1S/C27H40F2N2O/c1-3-5-7-9-10-11-13-15-23-21-30-26(31-22-23)24-16-18-25(19-17-24)32-27(28,29)20-14-12-8-6-4-2/h16-19,21-22H,3-15,20H2,1-2H3. The topological polar surface area (TPSA) is 35.0 Å². The zero-order valence-corrected chi connectivity index (χ0v) is 19.9. The van der Waals surface area contributed by atoms with E-state index in [1.165, 1.54) is 38.5 Å². The number of aromatic nitrogens is 2. The van der Waals surface area contributed by atoms with Gasteiger partial charge in [0.15, 0.2) is 5.82 Å². The number of aryl methyl sites for hydroxylation is 1. The van der Waals surface area contributed by atoms with Crippen molar-refractivity contribution in [3.8, 4) is 17.1 Å². The Morgan fingerprint density at radius 3 is 1.84 bits per heavy atom. The van der Waals surface area contributed by atoms with Crippen LogP contribution < -0.4 is 4.74 Å². The van der Waals surface area contributed by atoms with E-state index in [4.69, 9.17) is 4.74 Å². The van der Waals surface area contributed by atoms with E-state index in [2.05, 4.69) is 23.8 Å². The average Bonchev–Trinajstić information content (AvgIpc) is 2.79. The molecular weight excluding hydrogens is 406 g/mol. The van der Waals surface area contributed by atoms with Crippen LogP contribution in [0.4, 0.5) is 8.78 Å². The van der Waals surface area contributed by atoms with E-state index in [-0.39, 0.29) is 12.2 Å². The molecule has 0 unspecified atom stereocenters. The van der Waals surface area contributed by atoms with Crippen LogP contribution in [-0.4, -0.2) is 16.1 Å². The summed E-state index contributed by atoms with van der Waals surface area (Å²) in [5.74, 6) is 0.769. The first-order valence-corrected chi connectivity index (χ1v) is 12.5. The van der Waals surface area contributed by atoms with Crippen LogP contribution in [-0.2, 0) is 6.42 Å². The lowest BCUT2D eigenvalue weighted by atomic mass is 10.1. The second-order valence-electron chi connectivity index (χ2n) is 8.71. The summed E-state index contributed by atoms with van der Waals surface area (Å²) in [6.07, 6.45) is 14.8. The molecule has 1 aromatic carbocycles. The largest absolute Gasteiger partial charge is 0.433 e. The number of benzene rings is 1. The quantitative estimate of drug-likeness (QED) is 0.228. The lowest BCUT2D eigenvalue weighted by Crippen LogP contribution is -2.24. The van der Waals surface area contributed by atoms with Gasteiger partial charge in [-0.05, 0) is 49.1 Å². The maximum absolute atomic E-state index is 14.0. The van der Waals surface area contributed by atoms with Crippen molar-refractivity contribution in [2.45, 2.75) is 110 Å². The van der Waals surface area contributed by atoms with Crippen LogP contribution in [0.25, 0.3) is 11.4 Å². The Labute approximate surface area is 193 Å². The van der Waals surface area contributed by atoms with Gasteiger partial charge in [-0.3, -0.25) is 0 Å². The van der Waals surface area contributed by atoms with Gasteiger partial charge in [0, 0.05) is 18.0 Å². The smallest absolute Gasteiger partial charge is 0.397 e. The Morgan fingerprint density at radius 1 is 0.719 bits per heavy atom. The molecular formula is C27H40F2N2O.